The molecular weight excluding hydrogens is 251 g/mol. The van der Waals surface area contributed by atoms with E-state index in [-0.39, 0.29) is 16.4 Å². The highest BCUT2D eigenvalue weighted by molar-refractivity contribution is 6.35. The van der Waals surface area contributed by atoms with E-state index in [9.17, 15) is 9.18 Å². The molecule has 1 nitrogen and oxygen atoms in total. The quantitative estimate of drug-likeness (QED) is 0.737. The van der Waals surface area contributed by atoms with Crippen LogP contribution in [0.25, 0.3) is 0 Å². The van der Waals surface area contributed by atoms with Gasteiger partial charge in [0.2, 0.25) is 0 Å². The first-order valence-corrected chi connectivity index (χ1v) is 5.95. The van der Waals surface area contributed by atoms with E-state index in [1.165, 1.54) is 18.2 Å². The number of ketones is 1. The van der Waals surface area contributed by atoms with Crippen molar-refractivity contribution < 1.29 is 9.18 Å². The molecule has 0 N–H and O–H groups in total. The molecule has 0 bridgehead atoms. The summed E-state index contributed by atoms with van der Waals surface area (Å²) in [5.74, 6) is -0.825. The largest absolute Gasteiger partial charge is 0.289 e. The molecule has 0 spiro atoms. The minimum atomic E-state index is -0.576. The van der Waals surface area contributed by atoms with Gasteiger partial charge in [-0.05, 0) is 37.1 Å². The lowest BCUT2D eigenvalue weighted by Crippen LogP contribution is -2.06. The lowest BCUT2D eigenvalue weighted by Gasteiger charge is -2.09. The summed E-state index contributed by atoms with van der Waals surface area (Å²) >= 11 is 5.83. The Bertz CT molecular complexity index is 566. The number of hydrogen-bond donors (Lipinski definition) is 0. The van der Waals surface area contributed by atoms with Gasteiger partial charge < -0.3 is 0 Å². The highest BCUT2D eigenvalue weighted by Gasteiger charge is 2.17. The smallest absolute Gasteiger partial charge is 0.194 e. The first kappa shape index (κ1) is 12.8. The summed E-state index contributed by atoms with van der Waals surface area (Å²) < 4.78 is 13.4. The molecule has 2 aromatic rings. The molecule has 0 aliphatic carbocycles. The fraction of sp³-hybridized carbons (Fsp3) is 0.133. The Balaban J connectivity index is 2.55. The van der Waals surface area contributed by atoms with Crippen LogP contribution in [0.5, 0.6) is 0 Å². The Kier molecular flexibility index (Phi) is 3.48. The van der Waals surface area contributed by atoms with E-state index in [0.717, 1.165) is 11.1 Å². The first-order valence-electron chi connectivity index (χ1n) is 5.57. The maximum absolute atomic E-state index is 13.4. The van der Waals surface area contributed by atoms with Gasteiger partial charge in [0.1, 0.15) is 5.82 Å². The summed E-state index contributed by atoms with van der Waals surface area (Å²) in [4.78, 5) is 12.3. The minimum Gasteiger partial charge on any atom is -0.289 e. The molecule has 0 amide bonds. The van der Waals surface area contributed by atoms with Crippen LogP contribution in [0.4, 0.5) is 4.39 Å². The maximum atomic E-state index is 13.4. The standard InChI is InChI=1S/C15H12ClFO/c1-9-5-3-6-11(10(9)2)15(18)12-7-4-8-13(17)14(12)16/h3-8H,1-2H3. The van der Waals surface area contributed by atoms with Crippen molar-refractivity contribution in [3.05, 3.63) is 69.5 Å². The van der Waals surface area contributed by atoms with E-state index in [1.807, 2.05) is 26.0 Å². The summed E-state index contributed by atoms with van der Waals surface area (Å²) in [7, 11) is 0. The van der Waals surface area contributed by atoms with Gasteiger partial charge in [-0.25, -0.2) is 4.39 Å². The Morgan fingerprint density at radius 3 is 2.39 bits per heavy atom. The van der Waals surface area contributed by atoms with Crippen LogP contribution < -0.4 is 0 Å². The zero-order valence-electron chi connectivity index (χ0n) is 10.1. The van der Waals surface area contributed by atoms with Crippen molar-refractivity contribution in [3.8, 4) is 0 Å². The second-order valence-electron chi connectivity index (χ2n) is 4.18. The lowest BCUT2D eigenvalue weighted by molar-refractivity contribution is 0.103. The molecule has 0 heterocycles. The Morgan fingerprint density at radius 1 is 1.06 bits per heavy atom. The second kappa shape index (κ2) is 4.91. The number of hydrogen-bond acceptors (Lipinski definition) is 1. The monoisotopic (exact) mass is 262 g/mol. The van der Waals surface area contributed by atoms with Gasteiger partial charge >= 0.3 is 0 Å². The van der Waals surface area contributed by atoms with Gasteiger partial charge in [-0.2, -0.15) is 0 Å². The highest BCUT2D eigenvalue weighted by Crippen LogP contribution is 2.24. The fourth-order valence-corrected chi connectivity index (χ4v) is 2.03. The van der Waals surface area contributed by atoms with Gasteiger partial charge in [0.05, 0.1) is 5.02 Å². The number of rotatable bonds is 2. The molecule has 0 aliphatic heterocycles. The van der Waals surface area contributed by atoms with E-state index >= 15 is 0 Å². The number of carbonyl (C=O) groups excluding carboxylic acids is 1. The molecule has 18 heavy (non-hydrogen) atoms. The van der Waals surface area contributed by atoms with Crippen molar-refractivity contribution in [3.63, 3.8) is 0 Å². The van der Waals surface area contributed by atoms with Gasteiger partial charge in [-0.1, -0.05) is 35.9 Å². The number of aryl methyl sites for hydroxylation is 1. The highest BCUT2D eigenvalue weighted by atomic mass is 35.5. The predicted octanol–water partition coefficient (Wildman–Crippen LogP) is 4.33. The minimum absolute atomic E-state index is 0.122. The Labute approximate surface area is 110 Å². The van der Waals surface area contributed by atoms with Crippen molar-refractivity contribution in [1.82, 2.24) is 0 Å². The molecule has 0 unspecified atom stereocenters. The van der Waals surface area contributed by atoms with Crippen molar-refractivity contribution in [2.45, 2.75) is 13.8 Å². The van der Waals surface area contributed by atoms with Gasteiger partial charge in [0.25, 0.3) is 0 Å². The molecule has 2 aromatic carbocycles. The van der Waals surface area contributed by atoms with E-state index < -0.39 is 5.82 Å². The number of benzene rings is 2. The normalized spacial score (nSPS) is 10.4. The first-order chi connectivity index (χ1) is 8.52. The summed E-state index contributed by atoms with van der Waals surface area (Å²) in [5, 5.41) is -0.122. The summed E-state index contributed by atoms with van der Waals surface area (Å²) in [6.45, 7) is 3.80. The van der Waals surface area contributed by atoms with Crippen LogP contribution in [0, 0.1) is 19.7 Å². The van der Waals surface area contributed by atoms with Crippen LogP contribution in [-0.2, 0) is 0 Å². The second-order valence-corrected chi connectivity index (χ2v) is 4.56. The Morgan fingerprint density at radius 2 is 1.67 bits per heavy atom. The molecule has 0 radical (unpaired) electrons. The summed E-state index contributed by atoms with van der Waals surface area (Å²) in [6.07, 6.45) is 0. The molecule has 0 fully saturated rings. The number of halogens is 2. The van der Waals surface area contributed by atoms with Gasteiger partial charge in [-0.15, -0.1) is 0 Å². The van der Waals surface area contributed by atoms with Gasteiger partial charge in [0, 0.05) is 11.1 Å². The SMILES string of the molecule is Cc1cccc(C(=O)c2cccc(F)c2Cl)c1C. The van der Waals surface area contributed by atoms with Crippen LogP contribution in [0.2, 0.25) is 5.02 Å². The van der Waals surface area contributed by atoms with Gasteiger partial charge in [-0.3, -0.25) is 4.79 Å². The van der Waals surface area contributed by atoms with Gasteiger partial charge in [0.15, 0.2) is 5.78 Å². The third kappa shape index (κ3) is 2.16. The van der Waals surface area contributed by atoms with Crippen LogP contribution in [0.1, 0.15) is 27.0 Å². The third-order valence-corrected chi connectivity index (χ3v) is 3.43. The zero-order chi connectivity index (χ0) is 13.3. The van der Waals surface area contributed by atoms with Crippen molar-refractivity contribution in [2.75, 3.05) is 0 Å². The molecule has 2 rings (SSSR count). The maximum Gasteiger partial charge on any atom is 0.194 e. The molecule has 0 aliphatic rings. The predicted molar refractivity (Wildman–Crippen MR) is 70.8 cm³/mol. The van der Waals surface area contributed by atoms with E-state index in [0.29, 0.717) is 5.56 Å². The van der Waals surface area contributed by atoms with E-state index in [2.05, 4.69) is 0 Å². The molecule has 3 heteroatoms. The van der Waals surface area contributed by atoms with E-state index in [1.54, 1.807) is 6.07 Å². The average Bonchev–Trinajstić information content (AvgIpc) is 2.35. The topological polar surface area (TPSA) is 17.1 Å². The molecule has 0 saturated carbocycles. The van der Waals surface area contributed by atoms with Crippen LogP contribution in [0.15, 0.2) is 36.4 Å². The Hall–Kier alpha value is -1.67. The molecular formula is C15H12ClFO. The fourth-order valence-electron chi connectivity index (χ4n) is 1.82. The van der Waals surface area contributed by atoms with Crippen LogP contribution >= 0.6 is 11.6 Å². The van der Waals surface area contributed by atoms with Crippen molar-refractivity contribution in [2.24, 2.45) is 0 Å². The lowest BCUT2D eigenvalue weighted by atomic mass is 9.96. The molecule has 0 aromatic heterocycles. The number of carbonyl (C=O) groups is 1. The van der Waals surface area contributed by atoms with E-state index in [4.69, 9.17) is 11.6 Å². The average molecular weight is 263 g/mol. The van der Waals surface area contributed by atoms with Crippen molar-refractivity contribution >= 4 is 17.4 Å². The third-order valence-electron chi connectivity index (χ3n) is 3.05. The van der Waals surface area contributed by atoms with Crippen molar-refractivity contribution in [1.29, 1.82) is 0 Å². The molecule has 0 saturated heterocycles. The molecule has 0 atom stereocenters. The van der Waals surface area contributed by atoms with Crippen LogP contribution in [0.3, 0.4) is 0 Å². The van der Waals surface area contributed by atoms with Crippen LogP contribution in [-0.4, -0.2) is 5.78 Å². The summed E-state index contributed by atoms with van der Waals surface area (Å²) in [6, 6.07) is 9.73. The summed E-state index contributed by atoms with van der Waals surface area (Å²) in [5.41, 5.74) is 2.67. The molecule has 92 valence electrons. The zero-order valence-corrected chi connectivity index (χ0v) is 10.9.